The Morgan fingerprint density at radius 2 is 0.812 bits per heavy atom. The summed E-state index contributed by atoms with van der Waals surface area (Å²) in [6, 6.07) is 92.1. The Bertz CT molecular complexity index is 4210. The summed E-state index contributed by atoms with van der Waals surface area (Å²) < 4.78 is 6.51. The number of fused-ring (bicyclic) bond motifs is 17. The van der Waals surface area contributed by atoms with Crippen LogP contribution in [0.1, 0.15) is 22.3 Å². The first-order valence-corrected chi connectivity index (χ1v) is 23.9. The fourth-order valence-corrected chi connectivity index (χ4v) is 12.2. The average molecular weight is 876 g/mol. The zero-order chi connectivity index (χ0) is 45.2. The quantitative estimate of drug-likeness (QED) is 0.160. The van der Waals surface area contributed by atoms with E-state index < -0.39 is 5.41 Å². The lowest BCUT2D eigenvalue weighted by atomic mass is 9.70. The highest BCUT2D eigenvalue weighted by atomic mass is 16.3. The molecular formula is C67H41NO. The van der Waals surface area contributed by atoms with E-state index in [0.717, 1.165) is 50.1 Å². The van der Waals surface area contributed by atoms with E-state index in [9.17, 15) is 0 Å². The predicted molar refractivity (Wildman–Crippen MR) is 288 cm³/mol. The molecule has 2 heteroatoms. The van der Waals surface area contributed by atoms with Crippen molar-refractivity contribution >= 4 is 71.3 Å². The molecule has 0 bridgehead atoms. The highest BCUT2D eigenvalue weighted by Crippen LogP contribution is 2.63. The molecule has 0 amide bonds. The van der Waals surface area contributed by atoms with Crippen LogP contribution in [0.25, 0.3) is 98.8 Å². The summed E-state index contributed by atoms with van der Waals surface area (Å²) in [5, 5.41) is 9.67. The van der Waals surface area contributed by atoms with Crippen LogP contribution in [-0.4, -0.2) is 0 Å². The summed E-state index contributed by atoms with van der Waals surface area (Å²) in [7, 11) is 0. The van der Waals surface area contributed by atoms with Crippen LogP contribution in [0.15, 0.2) is 253 Å². The molecule has 0 N–H and O–H groups in total. The maximum Gasteiger partial charge on any atom is 0.136 e. The lowest BCUT2D eigenvalue weighted by Crippen LogP contribution is -2.26. The molecule has 69 heavy (non-hydrogen) atoms. The number of hydrogen-bond donors (Lipinski definition) is 0. The van der Waals surface area contributed by atoms with Crippen molar-refractivity contribution in [3.8, 4) is 44.5 Å². The minimum absolute atomic E-state index is 0.469. The van der Waals surface area contributed by atoms with Gasteiger partial charge < -0.3 is 9.32 Å². The Morgan fingerprint density at radius 1 is 0.275 bits per heavy atom. The van der Waals surface area contributed by atoms with Crippen LogP contribution in [0.5, 0.6) is 0 Å². The van der Waals surface area contributed by atoms with Crippen molar-refractivity contribution in [2.45, 2.75) is 5.41 Å². The minimum atomic E-state index is -0.469. The van der Waals surface area contributed by atoms with E-state index in [2.05, 4.69) is 254 Å². The van der Waals surface area contributed by atoms with Crippen LogP contribution in [0.4, 0.5) is 17.1 Å². The summed E-state index contributed by atoms with van der Waals surface area (Å²) in [5.74, 6) is 0. The normalized spacial score (nSPS) is 13.0. The van der Waals surface area contributed by atoms with Crippen molar-refractivity contribution in [1.29, 1.82) is 0 Å². The van der Waals surface area contributed by atoms with E-state index in [1.807, 2.05) is 0 Å². The topological polar surface area (TPSA) is 16.4 Å². The summed E-state index contributed by atoms with van der Waals surface area (Å²) in [6.07, 6.45) is 0. The van der Waals surface area contributed by atoms with Gasteiger partial charge in [-0.25, -0.2) is 0 Å². The number of anilines is 3. The first-order chi connectivity index (χ1) is 34.2. The largest absolute Gasteiger partial charge is 0.456 e. The van der Waals surface area contributed by atoms with Crippen LogP contribution in [0.3, 0.4) is 0 Å². The molecule has 0 atom stereocenters. The van der Waals surface area contributed by atoms with Gasteiger partial charge in [-0.2, -0.15) is 0 Å². The molecule has 13 aromatic rings. The van der Waals surface area contributed by atoms with Gasteiger partial charge in [0.2, 0.25) is 0 Å². The Balaban J connectivity index is 0.935. The predicted octanol–water partition coefficient (Wildman–Crippen LogP) is 18.2. The van der Waals surface area contributed by atoms with Gasteiger partial charge in [0.1, 0.15) is 11.2 Å². The third-order valence-electron chi connectivity index (χ3n) is 15.2. The van der Waals surface area contributed by atoms with Gasteiger partial charge in [-0.05, 0) is 154 Å². The number of hydrogen-bond acceptors (Lipinski definition) is 2. The van der Waals surface area contributed by atoms with Crippen molar-refractivity contribution in [2.24, 2.45) is 0 Å². The highest BCUT2D eigenvalue weighted by Gasteiger charge is 2.51. The van der Waals surface area contributed by atoms with E-state index in [-0.39, 0.29) is 0 Å². The van der Waals surface area contributed by atoms with Gasteiger partial charge in [-0.3, -0.25) is 0 Å². The minimum Gasteiger partial charge on any atom is -0.456 e. The summed E-state index contributed by atoms with van der Waals surface area (Å²) in [5.41, 5.74) is 19.7. The van der Waals surface area contributed by atoms with Gasteiger partial charge in [-0.1, -0.05) is 188 Å². The van der Waals surface area contributed by atoms with Crippen molar-refractivity contribution in [3.63, 3.8) is 0 Å². The molecule has 0 unspecified atom stereocenters. The number of benzene rings is 12. The molecule has 0 radical (unpaired) electrons. The smallest absolute Gasteiger partial charge is 0.136 e. The number of para-hydroxylation sites is 1. The summed E-state index contributed by atoms with van der Waals surface area (Å²) >= 11 is 0. The third kappa shape index (κ3) is 5.49. The molecule has 2 aliphatic rings. The maximum atomic E-state index is 6.51. The van der Waals surface area contributed by atoms with Crippen LogP contribution < -0.4 is 4.90 Å². The van der Waals surface area contributed by atoms with E-state index in [0.29, 0.717) is 0 Å². The van der Waals surface area contributed by atoms with Gasteiger partial charge in [0.25, 0.3) is 0 Å². The van der Waals surface area contributed by atoms with E-state index in [4.69, 9.17) is 4.42 Å². The Morgan fingerprint density at radius 3 is 1.55 bits per heavy atom. The van der Waals surface area contributed by atoms with Crippen LogP contribution in [0.2, 0.25) is 0 Å². The van der Waals surface area contributed by atoms with Gasteiger partial charge in [0.15, 0.2) is 0 Å². The zero-order valence-corrected chi connectivity index (χ0v) is 37.5. The van der Waals surface area contributed by atoms with Gasteiger partial charge in [0, 0.05) is 27.7 Å². The molecule has 0 saturated carbocycles. The molecule has 1 aromatic heterocycles. The molecule has 0 fully saturated rings. The maximum absolute atomic E-state index is 6.51. The molecule has 12 aromatic carbocycles. The van der Waals surface area contributed by atoms with Crippen molar-refractivity contribution in [3.05, 3.63) is 271 Å². The first-order valence-electron chi connectivity index (χ1n) is 23.9. The number of rotatable bonds is 5. The van der Waals surface area contributed by atoms with Crippen LogP contribution >= 0.6 is 0 Å². The average Bonchev–Trinajstić information content (AvgIpc) is 4.03. The molecule has 0 saturated heterocycles. The van der Waals surface area contributed by atoms with E-state index >= 15 is 0 Å². The standard InChI is InChI=1S/C67H41NO/c1-2-15-45-40-66-59(38-44(45)14-1)58-39-48(30-36-65(58)69-66)53-17-8-12-24-64(53)68(49-31-27-42(28-32-49)46-29-34-52-47(37-46)26-25-43-13-3-4-16-51(43)52)50-33-35-57-56-20-7-11-23-62(56)67(63(57)41-50)60-21-9-5-18-54(60)55-19-6-10-22-61(55)67/h1-41H. The van der Waals surface area contributed by atoms with Gasteiger partial charge in [0.05, 0.1) is 11.1 Å². The fourth-order valence-electron chi connectivity index (χ4n) is 12.2. The zero-order valence-electron chi connectivity index (χ0n) is 37.5. The Labute approximate surface area is 399 Å². The van der Waals surface area contributed by atoms with Crippen molar-refractivity contribution < 1.29 is 4.42 Å². The fraction of sp³-hybridized carbons (Fsp3) is 0.0149. The second-order valence-electron chi connectivity index (χ2n) is 18.7. The second kappa shape index (κ2) is 14.5. The SMILES string of the molecule is c1ccc(N(c2ccc(-c3ccc4c(ccc5ccccc54)c3)cc2)c2ccc3c(c2)C2(c4ccccc4-c4ccccc42)c2ccccc2-3)c(-c2ccc3oc4cc5ccccc5cc4c3c2)c1. The van der Waals surface area contributed by atoms with Crippen LogP contribution in [-0.2, 0) is 5.41 Å². The monoisotopic (exact) mass is 875 g/mol. The van der Waals surface area contributed by atoms with E-state index in [1.54, 1.807) is 0 Å². The highest BCUT2D eigenvalue weighted by molar-refractivity contribution is 6.12. The third-order valence-corrected chi connectivity index (χ3v) is 15.2. The lowest BCUT2D eigenvalue weighted by Gasteiger charge is -2.32. The molecular weight excluding hydrogens is 835 g/mol. The van der Waals surface area contributed by atoms with Crippen molar-refractivity contribution in [1.82, 2.24) is 0 Å². The van der Waals surface area contributed by atoms with Crippen molar-refractivity contribution in [2.75, 3.05) is 4.90 Å². The molecule has 2 nitrogen and oxygen atoms in total. The first kappa shape index (κ1) is 38.2. The van der Waals surface area contributed by atoms with Crippen LogP contribution in [0, 0.1) is 0 Å². The molecule has 320 valence electrons. The summed E-state index contributed by atoms with van der Waals surface area (Å²) in [4.78, 5) is 2.47. The van der Waals surface area contributed by atoms with E-state index in [1.165, 1.54) is 88.0 Å². The number of furan rings is 1. The molecule has 1 spiro atoms. The molecule has 1 heterocycles. The lowest BCUT2D eigenvalue weighted by molar-refractivity contribution is 0.669. The molecule has 0 aliphatic heterocycles. The van der Waals surface area contributed by atoms with Gasteiger partial charge in [-0.15, -0.1) is 0 Å². The molecule has 15 rings (SSSR count). The number of nitrogens with zero attached hydrogens (tertiary/aromatic N) is 1. The van der Waals surface area contributed by atoms with Gasteiger partial charge >= 0.3 is 0 Å². The Hall–Kier alpha value is -8.98. The molecule has 2 aliphatic carbocycles. The Kier molecular flexibility index (Phi) is 8.02. The second-order valence-corrected chi connectivity index (χ2v) is 18.7. The summed E-state index contributed by atoms with van der Waals surface area (Å²) in [6.45, 7) is 0.